The molecule has 0 saturated carbocycles. The summed E-state index contributed by atoms with van der Waals surface area (Å²) in [5, 5.41) is 6.43. The number of hydrogen-bond donors (Lipinski definition) is 2. The molecule has 0 aromatic heterocycles. The average molecular weight is 332 g/mol. The lowest BCUT2D eigenvalue weighted by Crippen LogP contribution is -2.37. The normalized spacial score (nSPS) is 11.4. The third-order valence-corrected chi connectivity index (χ3v) is 3.70. The van der Waals surface area contributed by atoms with Gasteiger partial charge in [-0.25, -0.2) is 4.99 Å². The highest BCUT2D eigenvalue weighted by Crippen LogP contribution is 2.18. The van der Waals surface area contributed by atoms with E-state index in [0.717, 1.165) is 43.5 Å². The predicted octanol–water partition coefficient (Wildman–Crippen LogP) is 2.65. The van der Waals surface area contributed by atoms with E-state index in [1.165, 1.54) is 0 Å². The molecule has 0 bridgehead atoms. The van der Waals surface area contributed by atoms with Crippen LogP contribution in [0.15, 0.2) is 41.9 Å². The molecule has 0 atom stereocenters. The van der Waals surface area contributed by atoms with Gasteiger partial charge in [0.25, 0.3) is 0 Å². The zero-order chi connectivity index (χ0) is 17.6. The van der Waals surface area contributed by atoms with Crippen molar-refractivity contribution in [2.75, 3.05) is 39.3 Å². The largest absolute Gasteiger partial charge is 0.492 e. The molecule has 1 rings (SSSR count). The van der Waals surface area contributed by atoms with E-state index < -0.39 is 0 Å². The van der Waals surface area contributed by atoms with Gasteiger partial charge in [0.15, 0.2) is 5.96 Å². The van der Waals surface area contributed by atoms with Gasteiger partial charge in [0.1, 0.15) is 12.4 Å². The molecule has 1 aromatic carbocycles. The zero-order valence-corrected chi connectivity index (χ0v) is 15.3. The van der Waals surface area contributed by atoms with Crippen molar-refractivity contribution >= 4 is 5.96 Å². The molecule has 0 amide bonds. The Balaban J connectivity index is 2.65. The highest BCUT2D eigenvalue weighted by molar-refractivity contribution is 5.79. The second-order valence-electron chi connectivity index (χ2n) is 5.35. The van der Waals surface area contributed by atoms with Crippen molar-refractivity contribution in [1.82, 2.24) is 15.5 Å². The molecule has 2 N–H and O–H groups in total. The minimum atomic E-state index is 0.577. The highest BCUT2D eigenvalue weighted by Gasteiger charge is 2.05. The van der Waals surface area contributed by atoms with Crippen LogP contribution in [0.3, 0.4) is 0 Å². The SMILES string of the molecule is C=CCNC(=NCc1ccccc1OCCN(CC)CC)NCC. The summed E-state index contributed by atoms with van der Waals surface area (Å²) in [4.78, 5) is 6.96. The van der Waals surface area contributed by atoms with Gasteiger partial charge < -0.3 is 20.3 Å². The van der Waals surface area contributed by atoms with E-state index in [9.17, 15) is 0 Å². The standard InChI is InChI=1S/C19H32N4O/c1-5-13-21-19(20-6-2)22-16-17-11-9-10-12-18(17)24-15-14-23(7-3)8-4/h5,9-12H,1,6-8,13-16H2,2-4H3,(H2,20,21,22). The summed E-state index contributed by atoms with van der Waals surface area (Å²) in [5.74, 6) is 1.70. The van der Waals surface area contributed by atoms with Crippen LogP contribution in [-0.2, 0) is 6.54 Å². The first-order chi connectivity index (χ1) is 11.7. The molecule has 0 aliphatic heterocycles. The van der Waals surface area contributed by atoms with E-state index in [1.807, 2.05) is 24.3 Å². The van der Waals surface area contributed by atoms with Crippen molar-refractivity contribution in [3.8, 4) is 5.75 Å². The molecule has 134 valence electrons. The van der Waals surface area contributed by atoms with Gasteiger partial charge >= 0.3 is 0 Å². The van der Waals surface area contributed by atoms with Crippen molar-refractivity contribution in [2.24, 2.45) is 4.99 Å². The fourth-order valence-corrected chi connectivity index (χ4v) is 2.27. The second-order valence-corrected chi connectivity index (χ2v) is 5.35. The molecule has 0 aliphatic carbocycles. The van der Waals surface area contributed by atoms with Crippen LogP contribution in [0.25, 0.3) is 0 Å². The molecule has 0 saturated heterocycles. The number of ether oxygens (including phenoxy) is 1. The van der Waals surface area contributed by atoms with Crippen LogP contribution in [0, 0.1) is 0 Å². The third-order valence-electron chi connectivity index (χ3n) is 3.70. The van der Waals surface area contributed by atoms with Crippen molar-refractivity contribution in [3.05, 3.63) is 42.5 Å². The third kappa shape index (κ3) is 7.51. The first kappa shape index (κ1) is 20.0. The lowest BCUT2D eigenvalue weighted by molar-refractivity contribution is 0.221. The number of likely N-dealkylation sites (N-methyl/N-ethyl adjacent to an activating group) is 1. The van der Waals surface area contributed by atoms with Crippen molar-refractivity contribution in [1.29, 1.82) is 0 Å². The number of guanidine groups is 1. The summed E-state index contributed by atoms with van der Waals surface area (Å²) < 4.78 is 5.98. The minimum absolute atomic E-state index is 0.577. The molecule has 5 nitrogen and oxygen atoms in total. The Morgan fingerprint density at radius 1 is 1.21 bits per heavy atom. The van der Waals surface area contributed by atoms with Crippen LogP contribution in [0.1, 0.15) is 26.3 Å². The van der Waals surface area contributed by atoms with Crippen molar-refractivity contribution in [2.45, 2.75) is 27.3 Å². The Bertz CT molecular complexity index is 498. The molecule has 0 heterocycles. The maximum atomic E-state index is 5.98. The van der Waals surface area contributed by atoms with Crippen molar-refractivity contribution in [3.63, 3.8) is 0 Å². The molecule has 5 heteroatoms. The van der Waals surface area contributed by atoms with E-state index in [0.29, 0.717) is 19.7 Å². The Hall–Kier alpha value is -2.01. The van der Waals surface area contributed by atoms with Crippen LogP contribution < -0.4 is 15.4 Å². The number of aliphatic imine (C=N–C) groups is 1. The van der Waals surface area contributed by atoms with Crippen molar-refractivity contribution < 1.29 is 4.74 Å². The average Bonchev–Trinajstić information content (AvgIpc) is 2.62. The predicted molar refractivity (Wildman–Crippen MR) is 103 cm³/mol. The van der Waals surface area contributed by atoms with E-state index in [4.69, 9.17) is 4.74 Å². The Morgan fingerprint density at radius 3 is 2.62 bits per heavy atom. The van der Waals surface area contributed by atoms with Crippen LogP contribution in [0.5, 0.6) is 5.75 Å². The summed E-state index contributed by atoms with van der Waals surface area (Å²) in [6.45, 7) is 15.9. The van der Waals surface area contributed by atoms with Gasteiger partial charge in [0.2, 0.25) is 0 Å². The molecular formula is C19H32N4O. The fourth-order valence-electron chi connectivity index (χ4n) is 2.27. The number of para-hydroxylation sites is 1. The highest BCUT2D eigenvalue weighted by atomic mass is 16.5. The van der Waals surface area contributed by atoms with Gasteiger partial charge in [0.05, 0.1) is 6.54 Å². The van der Waals surface area contributed by atoms with E-state index >= 15 is 0 Å². The number of rotatable bonds is 11. The van der Waals surface area contributed by atoms with Crippen LogP contribution in [0.2, 0.25) is 0 Å². The van der Waals surface area contributed by atoms with Gasteiger partial charge in [-0.3, -0.25) is 0 Å². The first-order valence-electron chi connectivity index (χ1n) is 8.81. The van der Waals surface area contributed by atoms with Crippen LogP contribution in [-0.4, -0.2) is 50.2 Å². The van der Waals surface area contributed by atoms with Gasteiger partial charge in [-0.05, 0) is 26.1 Å². The lowest BCUT2D eigenvalue weighted by Gasteiger charge is -2.18. The molecule has 0 unspecified atom stereocenters. The summed E-state index contributed by atoms with van der Waals surface area (Å²) in [6.07, 6.45) is 1.82. The maximum Gasteiger partial charge on any atom is 0.191 e. The number of hydrogen-bond acceptors (Lipinski definition) is 3. The topological polar surface area (TPSA) is 48.9 Å². The molecule has 0 fully saturated rings. The Labute approximate surface area is 146 Å². The smallest absolute Gasteiger partial charge is 0.191 e. The van der Waals surface area contributed by atoms with E-state index in [1.54, 1.807) is 0 Å². The fraction of sp³-hybridized carbons (Fsp3) is 0.526. The molecule has 24 heavy (non-hydrogen) atoms. The molecule has 0 aliphatic rings. The van der Waals surface area contributed by atoms with Gasteiger partial charge in [0, 0.05) is 25.2 Å². The minimum Gasteiger partial charge on any atom is -0.492 e. The summed E-state index contributed by atoms with van der Waals surface area (Å²) in [7, 11) is 0. The van der Waals surface area contributed by atoms with Crippen LogP contribution >= 0.6 is 0 Å². The zero-order valence-electron chi connectivity index (χ0n) is 15.3. The summed E-state index contributed by atoms with van der Waals surface area (Å²) in [5.41, 5.74) is 1.09. The summed E-state index contributed by atoms with van der Waals surface area (Å²) >= 11 is 0. The maximum absolute atomic E-state index is 5.98. The first-order valence-corrected chi connectivity index (χ1v) is 8.81. The van der Waals surface area contributed by atoms with Gasteiger partial charge in [-0.1, -0.05) is 38.1 Å². The molecule has 0 spiro atoms. The lowest BCUT2D eigenvalue weighted by atomic mass is 10.2. The Morgan fingerprint density at radius 2 is 1.96 bits per heavy atom. The molecular weight excluding hydrogens is 300 g/mol. The van der Waals surface area contributed by atoms with E-state index in [-0.39, 0.29) is 0 Å². The number of nitrogens with one attached hydrogen (secondary N) is 2. The van der Waals surface area contributed by atoms with Crippen LogP contribution in [0.4, 0.5) is 0 Å². The van der Waals surface area contributed by atoms with E-state index in [2.05, 4.69) is 53.9 Å². The Kier molecular flexibility index (Phi) is 10.4. The number of benzene rings is 1. The van der Waals surface area contributed by atoms with Gasteiger partial charge in [-0.15, -0.1) is 6.58 Å². The monoisotopic (exact) mass is 332 g/mol. The second kappa shape index (κ2) is 12.4. The molecule has 0 radical (unpaired) electrons. The van der Waals surface area contributed by atoms with Gasteiger partial charge in [-0.2, -0.15) is 0 Å². The quantitative estimate of drug-likeness (QED) is 0.372. The number of nitrogens with zero attached hydrogens (tertiary/aromatic N) is 2. The summed E-state index contributed by atoms with van der Waals surface area (Å²) in [6, 6.07) is 8.10. The molecule has 1 aromatic rings.